The number of amides is 2. The summed E-state index contributed by atoms with van der Waals surface area (Å²) in [6, 6.07) is 1.21. The van der Waals surface area contributed by atoms with Gasteiger partial charge in [-0.1, -0.05) is 18.5 Å². The summed E-state index contributed by atoms with van der Waals surface area (Å²) in [4.78, 5) is 13.3. The number of piperidine rings is 1. The van der Waals surface area contributed by atoms with E-state index in [1.165, 1.54) is 4.90 Å². The monoisotopic (exact) mass is 304 g/mol. The Kier molecular flexibility index (Phi) is 4.45. The van der Waals surface area contributed by atoms with E-state index in [2.05, 4.69) is 5.32 Å². The number of rotatable bonds is 1. The summed E-state index contributed by atoms with van der Waals surface area (Å²) in [5.74, 6) is -1.77. The van der Waals surface area contributed by atoms with E-state index in [4.69, 9.17) is 11.6 Å². The van der Waals surface area contributed by atoms with Crippen molar-refractivity contribution in [1.82, 2.24) is 4.90 Å². The first-order chi connectivity index (χ1) is 9.38. The van der Waals surface area contributed by atoms with Crippen LogP contribution in [0.4, 0.5) is 19.3 Å². The van der Waals surface area contributed by atoms with Gasteiger partial charge in [-0.2, -0.15) is 0 Å². The van der Waals surface area contributed by atoms with Crippen LogP contribution >= 0.6 is 11.6 Å². The van der Waals surface area contributed by atoms with Crippen LogP contribution in [0.5, 0.6) is 0 Å². The van der Waals surface area contributed by atoms with Gasteiger partial charge in [0.1, 0.15) is 5.69 Å². The highest BCUT2D eigenvalue weighted by Crippen LogP contribution is 2.24. The van der Waals surface area contributed by atoms with Crippen molar-refractivity contribution in [2.24, 2.45) is 5.92 Å². The van der Waals surface area contributed by atoms with Crippen molar-refractivity contribution >= 4 is 23.3 Å². The van der Waals surface area contributed by atoms with Crippen LogP contribution in [0.1, 0.15) is 13.3 Å². The average Bonchev–Trinajstić information content (AvgIpc) is 2.36. The third-order valence-electron chi connectivity index (χ3n) is 3.44. The largest absolute Gasteiger partial charge is 0.391 e. The minimum atomic E-state index is -0.936. The first kappa shape index (κ1) is 15.0. The highest BCUT2D eigenvalue weighted by Gasteiger charge is 2.28. The molecule has 0 aliphatic carbocycles. The van der Waals surface area contributed by atoms with Crippen LogP contribution in [-0.2, 0) is 0 Å². The maximum atomic E-state index is 13.6. The highest BCUT2D eigenvalue weighted by molar-refractivity contribution is 6.30. The van der Waals surface area contributed by atoms with Crippen molar-refractivity contribution in [3.8, 4) is 0 Å². The van der Waals surface area contributed by atoms with Gasteiger partial charge < -0.3 is 15.3 Å². The quantitative estimate of drug-likeness (QED) is 0.838. The fourth-order valence-electron chi connectivity index (χ4n) is 2.08. The number of β-amino-alcohol motifs (C(OH)–C–C–N with tert-alkyl or cyclic N) is 1. The molecule has 4 nitrogen and oxygen atoms in total. The molecule has 1 saturated heterocycles. The molecule has 2 amide bonds. The van der Waals surface area contributed by atoms with Gasteiger partial charge in [-0.05, 0) is 24.5 Å². The van der Waals surface area contributed by atoms with E-state index >= 15 is 0 Å². The Balaban J connectivity index is 2.09. The maximum absolute atomic E-state index is 13.6. The van der Waals surface area contributed by atoms with E-state index in [-0.39, 0.29) is 17.5 Å². The number of aliphatic hydroxyl groups is 1. The molecule has 1 aliphatic rings. The number of likely N-dealkylation sites (tertiary alicyclic amines) is 1. The first-order valence-corrected chi connectivity index (χ1v) is 6.65. The van der Waals surface area contributed by atoms with Crippen molar-refractivity contribution in [3.63, 3.8) is 0 Å². The summed E-state index contributed by atoms with van der Waals surface area (Å²) in [5, 5.41) is 11.8. The number of nitrogens with zero attached hydrogens (tertiary/aromatic N) is 1. The highest BCUT2D eigenvalue weighted by atomic mass is 35.5. The zero-order chi connectivity index (χ0) is 14.9. The van der Waals surface area contributed by atoms with Gasteiger partial charge in [-0.15, -0.1) is 0 Å². The molecular formula is C13H15ClF2N2O2. The Morgan fingerprint density at radius 2 is 2.05 bits per heavy atom. The summed E-state index contributed by atoms with van der Waals surface area (Å²) >= 11 is 5.51. The second-order valence-corrected chi connectivity index (χ2v) is 5.39. The van der Waals surface area contributed by atoms with Crippen LogP contribution in [0.25, 0.3) is 0 Å². The maximum Gasteiger partial charge on any atom is 0.322 e. The molecule has 2 rings (SSSR count). The third kappa shape index (κ3) is 3.19. The number of hydrogen-bond donors (Lipinski definition) is 2. The van der Waals surface area contributed by atoms with E-state index in [1.807, 2.05) is 6.92 Å². The number of halogens is 3. The lowest BCUT2D eigenvalue weighted by Gasteiger charge is -2.34. The second kappa shape index (κ2) is 5.93. The molecule has 110 valence electrons. The average molecular weight is 305 g/mol. The summed E-state index contributed by atoms with van der Waals surface area (Å²) in [5.41, 5.74) is -0.535. The summed E-state index contributed by atoms with van der Waals surface area (Å²) in [7, 11) is 0. The van der Waals surface area contributed by atoms with Gasteiger partial charge in [-0.25, -0.2) is 13.6 Å². The third-order valence-corrected chi connectivity index (χ3v) is 3.66. The molecular weight excluding hydrogens is 290 g/mol. The number of carbonyl (C=O) groups excluding carboxylic acids is 1. The molecule has 0 spiro atoms. The molecule has 0 bridgehead atoms. The van der Waals surface area contributed by atoms with Crippen molar-refractivity contribution < 1.29 is 18.7 Å². The Morgan fingerprint density at radius 3 is 2.60 bits per heavy atom. The molecule has 2 N–H and O–H groups in total. The van der Waals surface area contributed by atoms with Crippen LogP contribution in [0.2, 0.25) is 5.02 Å². The Labute approximate surface area is 120 Å². The zero-order valence-corrected chi connectivity index (χ0v) is 11.6. The van der Waals surface area contributed by atoms with Crippen LogP contribution in [-0.4, -0.2) is 35.2 Å². The Hall–Kier alpha value is -1.40. The number of benzene rings is 1. The van der Waals surface area contributed by atoms with Crippen LogP contribution < -0.4 is 5.32 Å². The summed E-state index contributed by atoms with van der Waals surface area (Å²) in [6.45, 7) is 2.46. The number of nitrogens with one attached hydrogen (secondary N) is 1. The standard InChI is InChI=1S/C13H15ClF2N2O2/c1-7-2-3-18(6-11(7)19)13(20)17-12-9(15)4-8(14)5-10(12)16/h4-5,7,11,19H,2-3,6H2,1H3,(H,17,20). The lowest BCUT2D eigenvalue weighted by atomic mass is 9.96. The molecule has 20 heavy (non-hydrogen) atoms. The molecule has 1 heterocycles. The van der Waals surface area contributed by atoms with Gasteiger partial charge >= 0.3 is 6.03 Å². The van der Waals surface area contributed by atoms with Gasteiger partial charge in [-0.3, -0.25) is 0 Å². The number of urea groups is 1. The first-order valence-electron chi connectivity index (χ1n) is 6.27. The van der Waals surface area contributed by atoms with E-state index in [1.54, 1.807) is 0 Å². The molecule has 7 heteroatoms. The van der Waals surface area contributed by atoms with E-state index in [0.29, 0.717) is 13.0 Å². The van der Waals surface area contributed by atoms with E-state index in [0.717, 1.165) is 12.1 Å². The number of carbonyl (C=O) groups is 1. The normalized spacial score (nSPS) is 22.8. The second-order valence-electron chi connectivity index (χ2n) is 4.95. The molecule has 2 atom stereocenters. The van der Waals surface area contributed by atoms with Gasteiger partial charge in [0.05, 0.1) is 6.10 Å². The molecule has 1 fully saturated rings. The summed E-state index contributed by atoms with van der Waals surface area (Å²) < 4.78 is 27.1. The smallest absolute Gasteiger partial charge is 0.322 e. The Bertz CT molecular complexity index is 504. The molecule has 0 saturated carbocycles. The Morgan fingerprint density at radius 1 is 1.45 bits per heavy atom. The lowest BCUT2D eigenvalue weighted by molar-refractivity contribution is 0.0463. The van der Waals surface area contributed by atoms with Crippen LogP contribution in [0, 0.1) is 17.6 Å². The molecule has 0 radical (unpaired) electrons. The number of hydrogen-bond acceptors (Lipinski definition) is 2. The number of anilines is 1. The zero-order valence-electron chi connectivity index (χ0n) is 10.9. The molecule has 0 aromatic heterocycles. The van der Waals surface area contributed by atoms with Crippen molar-refractivity contribution in [2.45, 2.75) is 19.4 Å². The van der Waals surface area contributed by atoms with E-state index < -0.39 is 29.5 Å². The fourth-order valence-corrected chi connectivity index (χ4v) is 2.27. The molecule has 1 aliphatic heterocycles. The SMILES string of the molecule is CC1CCN(C(=O)Nc2c(F)cc(Cl)cc2F)CC1O. The predicted molar refractivity (Wildman–Crippen MR) is 71.7 cm³/mol. The minimum absolute atomic E-state index is 0.0831. The van der Waals surface area contributed by atoms with Crippen molar-refractivity contribution in [3.05, 3.63) is 28.8 Å². The summed E-state index contributed by atoms with van der Waals surface area (Å²) in [6.07, 6.45) is 0.00888. The van der Waals surface area contributed by atoms with Crippen LogP contribution in [0.3, 0.4) is 0 Å². The minimum Gasteiger partial charge on any atom is -0.391 e. The van der Waals surface area contributed by atoms with Crippen molar-refractivity contribution in [1.29, 1.82) is 0 Å². The molecule has 1 aromatic carbocycles. The van der Waals surface area contributed by atoms with Gasteiger partial charge in [0.2, 0.25) is 0 Å². The molecule has 2 unspecified atom stereocenters. The van der Waals surface area contributed by atoms with Gasteiger partial charge in [0.15, 0.2) is 11.6 Å². The molecule has 1 aromatic rings. The fraction of sp³-hybridized carbons (Fsp3) is 0.462. The van der Waals surface area contributed by atoms with Gasteiger partial charge in [0.25, 0.3) is 0 Å². The predicted octanol–water partition coefficient (Wildman–Crippen LogP) is 2.85. The van der Waals surface area contributed by atoms with E-state index in [9.17, 15) is 18.7 Å². The van der Waals surface area contributed by atoms with Crippen molar-refractivity contribution in [2.75, 3.05) is 18.4 Å². The lowest BCUT2D eigenvalue weighted by Crippen LogP contribution is -2.47. The van der Waals surface area contributed by atoms with Gasteiger partial charge in [0, 0.05) is 18.1 Å². The topological polar surface area (TPSA) is 52.6 Å². The number of aliphatic hydroxyl groups excluding tert-OH is 1. The van der Waals surface area contributed by atoms with Crippen LogP contribution in [0.15, 0.2) is 12.1 Å².